The highest BCUT2D eigenvalue weighted by Crippen LogP contribution is 2.32. The van der Waals surface area contributed by atoms with Gasteiger partial charge in [0.25, 0.3) is 0 Å². The first-order valence-electron chi connectivity index (χ1n) is 7.05. The summed E-state index contributed by atoms with van der Waals surface area (Å²) in [6, 6.07) is 0.340. The second kappa shape index (κ2) is 6.06. The third kappa shape index (κ3) is 3.67. The van der Waals surface area contributed by atoms with Gasteiger partial charge in [0, 0.05) is 41.8 Å². The van der Waals surface area contributed by atoms with Crippen LogP contribution in [0.1, 0.15) is 49.3 Å². The molecule has 0 aromatic carbocycles. The molecule has 4 nitrogen and oxygen atoms in total. The topological polar surface area (TPSA) is 42.7 Å². The fraction of sp³-hybridized carbons (Fsp3) is 0.600. The van der Waals surface area contributed by atoms with Gasteiger partial charge in [-0.15, -0.1) is 11.3 Å². The molecule has 0 spiro atoms. The summed E-state index contributed by atoms with van der Waals surface area (Å²) in [5.41, 5.74) is 1.28. The fourth-order valence-electron chi connectivity index (χ4n) is 2.05. The molecule has 0 amide bonds. The number of hydrogen-bond acceptors (Lipinski definition) is 4. The molecule has 0 aliphatic rings. The van der Waals surface area contributed by atoms with Gasteiger partial charge in [-0.1, -0.05) is 20.8 Å². The number of nitrogens with zero attached hydrogens (tertiary/aromatic N) is 3. The van der Waals surface area contributed by atoms with Gasteiger partial charge in [0.15, 0.2) is 0 Å². The van der Waals surface area contributed by atoms with Crippen LogP contribution in [0.25, 0.3) is 0 Å². The van der Waals surface area contributed by atoms with Crippen molar-refractivity contribution in [3.63, 3.8) is 0 Å². The fourth-order valence-corrected chi connectivity index (χ4v) is 3.20. The Labute approximate surface area is 125 Å². The van der Waals surface area contributed by atoms with Crippen LogP contribution in [0.2, 0.25) is 0 Å². The quantitative estimate of drug-likeness (QED) is 0.919. The van der Waals surface area contributed by atoms with Crippen molar-refractivity contribution in [1.29, 1.82) is 0 Å². The number of imidazole rings is 1. The molecule has 0 aliphatic carbocycles. The Morgan fingerprint density at radius 1 is 1.40 bits per heavy atom. The monoisotopic (exact) mass is 292 g/mol. The molecule has 0 saturated heterocycles. The van der Waals surface area contributed by atoms with Crippen LogP contribution in [0, 0.1) is 6.92 Å². The molecular weight excluding hydrogens is 268 g/mol. The number of hydrogen-bond donors (Lipinski definition) is 1. The van der Waals surface area contributed by atoms with Gasteiger partial charge in [0.1, 0.15) is 0 Å². The van der Waals surface area contributed by atoms with Gasteiger partial charge in [-0.25, -0.2) is 9.97 Å². The molecule has 2 heterocycles. The third-order valence-electron chi connectivity index (χ3n) is 3.25. The zero-order valence-corrected chi connectivity index (χ0v) is 13.8. The van der Waals surface area contributed by atoms with Crippen molar-refractivity contribution in [1.82, 2.24) is 19.9 Å². The summed E-state index contributed by atoms with van der Waals surface area (Å²) in [6.07, 6.45) is 5.65. The zero-order valence-electron chi connectivity index (χ0n) is 13.0. The van der Waals surface area contributed by atoms with Crippen molar-refractivity contribution in [3.8, 4) is 0 Å². The molecule has 0 saturated carbocycles. The summed E-state index contributed by atoms with van der Waals surface area (Å²) in [5, 5.41) is 4.78. The van der Waals surface area contributed by atoms with E-state index in [0.717, 1.165) is 18.8 Å². The highest BCUT2D eigenvalue weighted by Gasteiger charge is 2.22. The van der Waals surface area contributed by atoms with Gasteiger partial charge < -0.3 is 9.88 Å². The average Bonchev–Trinajstić information content (AvgIpc) is 2.97. The first-order valence-corrected chi connectivity index (χ1v) is 7.86. The van der Waals surface area contributed by atoms with E-state index < -0.39 is 0 Å². The predicted octanol–water partition coefficient (Wildman–Crippen LogP) is 3.30. The van der Waals surface area contributed by atoms with Crippen molar-refractivity contribution in [3.05, 3.63) is 34.3 Å². The Bertz CT molecular complexity index is 537. The van der Waals surface area contributed by atoms with Crippen molar-refractivity contribution in [2.24, 2.45) is 0 Å². The summed E-state index contributed by atoms with van der Waals surface area (Å²) >= 11 is 1.83. The number of aryl methyl sites for hydroxylation is 1. The van der Waals surface area contributed by atoms with Gasteiger partial charge in [0.2, 0.25) is 0 Å². The first kappa shape index (κ1) is 15.2. The minimum atomic E-state index is 0.129. The molecule has 2 rings (SSSR count). The third-order valence-corrected chi connectivity index (χ3v) is 5.01. The molecule has 1 unspecified atom stereocenters. The maximum Gasteiger partial charge on any atom is 0.0985 e. The summed E-state index contributed by atoms with van der Waals surface area (Å²) < 4.78 is 2.08. The SMILES string of the molecule is Cc1nc(C(C)(C)C)sc1C(C)NCCn1ccnc1. The Kier molecular flexibility index (Phi) is 4.60. The van der Waals surface area contributed by atoms with Crippen LogP contribution in [0.3, 0.4) is 0 Å². The van der Waals surface area contributed by atoms with Gasteiger partial charge in [-0.3, -0.25) is 0 Å². The Hall–Kier alpha value is -1.20. The number of rotatable bonds is 5. The largest absolute Gasteiger partial charge is 0.336 e. The highest BCUT2D eigenvalue weighted by atomic mass is 32.1. The second-order valence-electron chi connectivity index (χ2n) is 6.20. The second-order valence-corrected chi connectivity index (χ2v) is 7.23. The van der Waals surface area contributed by atoms with E-state index >= 15 is 0 Å². The molecule has 0 bridgehead atoms. The maximum absolute atomic E-state index is 4.72. The first-order chi connectivity index (χ1) is 9.38. The number of aromatic nitrogens is 3. The van der Waals surface area contributed by atoms with Gasteiger partial charge in [-0.2, -0.15) is 0 Å². The maximum atomic E-state index is 4.72. The normalized spacial score (nSPS) is 13.7. The molecule has 0 aliphatic heterocycles. The van der Waals surface area contributed by atoms with Crippen LogP contribution < -0.4 is 5.32 Å². The Morgan fingerprint density at radius 3 is 2.70 bits per heavy atom. The van der Waals surface area contributed by atoms with Crippen molar-refractivity contribution < 1.29 is 0 Å². The molecule has 20 heavy (non-hydrogen) atoms. The lowest BCUT2D eigenvalue weighted by Gasteiger charge is -2.14. The molecule has 0 fully saturated rings. The smallest absolute Gasteiger partial charge is 0.0985 e. The molecule has 1 N–H and O–H groups in total. The molecule has 110 valence electrons. The van der Waals surface area contributed by atoms with Crippen LogP contribution in [0.15, 0.2) is 18.7 Å². The predicted molar refractivity (Wildman–Crippen MR) is 84.2 cm³/mol. The summed E-state index contributed by atoms with van der Waals surface area (Å²) in [7, 11) is 0. The lowest BCUT2D eigenvalue weighted by atomic mass is 9.98. The molecule has 1 atom stereocenters. The lowest BCUT2D eigenvalue weighted by Crippen LogP contribution is -2.22. The van der Waals surface area contributed by atoms with Crippen LogP contribution >= 0.6 is 11.3 Å². The summed E-state index contributed by atoms with van der Waals surface area (Å²) in [5.74, 6) is 0. The summed E-state index contributed by atoms with van der Waals surface area (Å²) in [6.45, 7) is 12.8. The number of nitrogens with one attached hydrogen (secondary N) is 1. The Balaban J connectivity index is 1.95. The zero-order chi connectivity index (χ0) is 14.8. The van der Waals surface area contributed by atoms with E-state index in [1.54, 1.807) is 0 Å². The number of thiazole rings is 1. The highest BCUT2D eigenvalue weighted by molar-refractivity contribution is 7.12. The minimum absolute atomic E-state index is 0.129. The van der Waals surface area contributed by atoms with Gasteiger partial charge >= 0.3 is 0 Å². The molecular formula is C15H24N4S. The van der Waals surface area contributed by atoms with E-state index in [0.29, 0.717) is 6.04 Å². The van der Waals surface area contributed by atoms with E-state index in [9.17, 15) is 0 Å². The molecule has 2 aromatic rings. The standard InChI is InChI=1S/C15H24N4S/c1-11(17-7-9-19-8-6-16-10-19)13-12(2)18-14(20-13)15(3,4)5/h6,8,10-11,17H,7,9H2,1-5H3. The van der Waals surface area contributed by atoms with E-state index in [-0.39, 0.29) is 5.41 Å². The molecule has 0 radical (unpaired) electrons. The van der Waals surface area contributed by atoms with Crippen molar-refractivity contribution in [2.75, 3.05) is 6.54 Å². The summed E-state index contributed by atoms with van der Waals surface area (Å²) in [4.78, 5) is 10.1. The van der Waals surface area contributed by atoms with Crippen LogP contribution in [0.4, 0.5) is 0 Å². The van der Waals surface area contributed by atoms with E-state index in [4.69, 9.17) is 4.98 Å². The Morgan fingerprint density at radius 2 is 2.15 bits per heavy atom. The van der Waals surface area contributed by atoms with E-state index in [1.165, 1.54) is 9.88 Å². The van der Waals surface area contributed by atoms with Crippen LogP contribution in [0.5, 0.6) is 0 Å². The molecule has 5 heteroatoms. The van der Waals surface area contributed by atoms with Gasteiger partial charge in [0.05, 0.1) is 17.0 Å². The average molecular weight is 292 g/mol. The van der Waals surface area contributed by atoms with Gasteiger partial charge in [-0.05, 0) is 13.8 Å². The van der Waals surface area contributed by atoms with Crippen LogP contribution in [-0.4, -0.2) is 21.1 Å². The lowest BCUT2D eigenvalue weighted by molar-refractivity contribution is 0.534. The van der Waals surface area contributed by atoms with Crippen LogP contribution in [-0.2, 0) is 12.0 Å². The minimum Gasteiger partial charge on any atom is -0.336 e. The van der Waals surface area contributed by atoms with Crippen molar-refractivity contribution >= 4 is 11.3 Å². The van der Waals surface area contributed by atoms with E-state index in [2.05, 4.69) is 49.5 Å². The van der Waals surface area contributed by atoms with E-state index in [1.807, 2.05) is 30.1 Å². The van der Waals surface area contributed by atoms with Crippen molar-refractivity contribution in [2.45, 2.75) is 52.6 Å². The molecule has 2 aromatic heterocycles.